The van der Waals surface area contributed by atoms with E-state index in [1.807, 2.05) is 0 Å². The second kappa shape index (κ2) is 7.17. The molecule has 0 bridgehead atoms. The Bertz CT molecular complexity index is 184. The molecule has 5 heteroatoms. The molecule has 14 heavy (non-hydrogen) atoms. The minimum Gasteiger partial charge on any atom is -0.466 e. The van der Waals surface area contributed by atoms with Gasteiger partial charge in [-0.25, -0.2) is 4.79 Å². The highest BCUT2D eigenvalue weighted by Gasteiger charge is 2.12. The summed E-state index contributed by atoms with van der Waals surface area (Å²) in [7, 11) is 0. The summed E-state index contributed by atoms with van der Waals surface area (Å²) < 4.78 is 8.98. The number of carbonyl (C=O) groups is 2. The molecule has 5 nitrogen and oxygen atoms in total. The van der Waals surface area contributed by atoms with E-state index >= 15 is 0 Å². The quantitative estimate of drug-likeness (QED) is 0.657. The molecule has 0 radical (unpaired) electrons. The van der Waals surface area contributed by atoms with Crippen molar-refractivity contribution in [3.05, 3.63) is 0 Å². The van der Waals surface area contributed by atoms with Crippen LogP contribution in [0.15, 0.2) is 0 Å². The van der Waals surface area contributed by atoms with Crippen molar-refractivity contribution in [2.45, 2.75) is 40.2 Å². The maximum Gasteiger partial charge on any atom is 0.405 e. The van der Waals surface area contributed by atoms with Crippen molar-refractivity contribution in [2.75, 3.05) is 6.61 Å². The summed E-state index contributed by atoms with van der Waals surface area (Å²) in [6, 6.07) is 0. The summed E-state index contributed by atoms with van der Waals surface area (Å²) in [6.07, 6.45) is -0.725. The van der Waals surface area contributed by atoms with Crippen molar-refractivity contribution in [1.82, 2.24) is 0 Å². The third-order valence-corrected chi connectivity index (χ3v) is 0.754. The Morgan fingerprint density at radius 2 is 1.71 bits per heavy atom. The Morgan fingerprint density at radius 1 is 1.29 bits per heavy atom. The third-order valence-electron chi connectivity index (χ3n) is 0.754. The van der Waals surface area contributed by atoms with Crippen molar-refractivity contribution in [2.24, 2.45) is 5.73 Å². The average Bonchev–Trinajstić information content (AvgIpc) is 1.80. The molecule has 0 rings (SSSR count). The predicted octanol–water partition coefficient (Wildman–Crippen LogP) is 1.45. The van der Waals surface area contributed by atoms with Crippen molar-refractivity contribution in [3.8, 4) is 0 Å². The fourth-order valence-electron chi connectivity index (χ4n) is 0.505. The van der Waals surface area contributed by atoms with Gasteiger partial charge in [0, 0.05) is 6.92 Å². The lowest BCUT2D eigenvalue weighted by Crippen LogP contribution is -2.27. The smallest absolute Gasteiger partial charge is 0.405 e. The lowest BCUT2D eigenvalue weighted by molar-refractivity contribution is -0.140. The molecule has 0 aromatic heterocycles. The molecule has 2 N–H and O–H groups in total. The van der Waals surface area contributed by atoms with Gasteiger partial charge in [0.05, 0.1) is 6.61 Å². The average molecular weight is 205 g/mol. The number of esters is 1. The van der Waals surface area contributed by atoms with Gasteiger partial charge in [-0.3, -0.25) is 4.79 Å². The molecule has 0 saturated heterocycles. The number of rotatable bonds is 1. The van der Waals surface area contributed by atoms with Gasteiger partial charge in [0.25, 0.3) is 0 Å². The number of hydrogen-bond acceptors (Lipinski definition) is 4. The van der Waals surface area contributed by atoms with Crippen LogP contribution in [0, 0.1) is 0 Å². The molecular weight excluding hydrogens is 186 g/mol. The topological polar surface area (TPSA) is 78.6 Å². The molecule has 0 aromatic carbocycles. The summed E-state index contributed by atoms with van der Waals surface area (Å²) >= 11 is 0. The molecule has 0 fully saturated rings. The van der Waals surface area contributed by atoms with Crippen LogP contribution in [0.4, 0.5) is 4.79 Å². The molecule has 84 valence electrons. The molecule has 0 aliphatic carbocycles. The highest BCUT2D eigenvalue weighted by Crippen LogP contribution is 2.04. The fraction of sp³-hybridized carbons (Fsp3) is 0.778. The Kier molecular flexibility index (Phi) is 7.80. The van der Waals surface area contributed by atoms with E-state index in [9.17, 15) is 9.59 Å². The van der Waals surface area contributed by atoms with Crippen LogP contribution < -0.4 is 5.73 Å². The summed E-state index contributed by atoms with van der Waals surface area (Å²) in [5.41, 5.74) is 4.26. The highest BCUT2D eigenvalue weighted by molar-refractivity contribution is 5.65. The Morgan fingerprint density at radius 3 is 1.71 bits per heavy atom. The van der Waals surface area contributed by atoms with Gasteiger partial charge in [0.15, 0.2) is 0 Å². The van der Waals surface area contributed by atoms with Gasteiger partial charge >= 0.3 is 12.1 Å². The van der Waals surface area contributed by atoms with Crippen LogP contribution in [0.2, 0.25) is 0 Å². The predicted molar refractivity (Wildman–Crippen MR) is 52.7 cm³/mol. The molecule has 0 aromatic rings. The minimum atomic E-state index is -0.725. The van der Waals surface area contributed by atoms with E-state index in [0.717, 1.165) is 0 Å². The maximum atomic E-state index is 10.0. The zero-order valence-electron chi connectivity index (χ0n) is 9.42. The number of nitrogens with two attached hydrogens (primary N) is 1. The van der Waals surface area contributed by atoms with Crippen molar-refractivity contribution in [1.29, 1.82) is 0 Å². The minimum absolute atomic E-state index is 0.211. The van der Waals surface area contributed by atoms with E-state index in [1.54, 1.807) is 27.7 Å². The van der Waals surface area contributed by atoms with Gasteiger partial charge < -0.3 is 15.2 Å². The highest BCUT2D eigenvalue weighted by atomic mass is 16.6. The fourth-order valence-corrected chi connectivity index (χ4v) is 0.505. The van der Waals surface area contributed by atoms with E-state index in [-0.39, 0.29) is 5.97 Å². The number of carbonyl (C=O) groups excluding carboxylic acids is 2. The Balaban J connectivity index is 0. The Labute approximate surface area is 84.6 Å². The zero-order chi connectivity index (χ0) is 11.8. The first-order valence-corrected chi connectivity index (χ1v) is 4.31. The molecular formula is C9H19NO4. The van der Waals surface area contributed by atoms with Gasteiger partial charge in [0.2, 0.25) is 0 Å². The molecule has 0 atom stereocenters. The van der Waals surface area contributed by atoms with E-state index in [4.69, 9.17) is 5.73 Å². The number of amides is 1. The molecule has 0 aliphatic rings. The van der Waals surface area contributed by atoms with Crippen LogP contribution in [0.5, 0.6) is 0 Å². The molecule has 0 heterocycles. The number of hydrogen-bond donors (Lipinski definition) is 1. The van der Waals surface area contributed by atoms with Crippen LogP contribution in [-0.4, -0.2) is 24.3 Å². The molecule has 0 unspecified atom stereocenters. The lowest BCUT2D eigenvalue weighted by Gasteiger charge is -2.16. The largest absolute Gasteiger partial charge is 0.466 e. The van der Waals surface area contributed by atoms with Crippen LogP contribution in [0.1, 0.15) is 34.6 Å². The SMILES string of the molecule is CC(C)(C)OC(N)=O.CCOC(C)=O. The van der Waals surface area contributed by atoms with E-state index in [2.05, 4.69) is 9.47 Å². The lowest BCUT2D eigenvalue weighted by atomic mass is 10.2. The number of primary amides is 1. The summed E-state index contributed by atoms with van der Waals surface area (Å²) in [4.78, 5) is 19.8. The summed E-state index contributed by atoms with van der Waals surface area (Å²) in [5.74, 6) is -0.211. The van der Waals surface area contributed by atoms with Gasteiger partial charge in [-0.2, -0.15) is 0 Å². The van der Waals surface area contributed by atoms with E-state index in [0.29, 0.717) is 6.61 Å². The molecule has 0 saturated carbocycles. The van der Waals surface area contributed by atoms with Gasteiger partial charge in [0.1, 0.15) is 5.60 Å². The Hall–Kier alpha value is -1.26. The standard InChI is InChI=1S/C5H11NO2.C4H8O2/c1-5(2,3)8-4(6)7;1-3-6-4(2)5/h1-3H3,(H2,6,7);3H2,1-2H3. The zero-order valence-corrected chi connectivity index (χ0v) is 9.42. The van der Waals surface area contributed by atoms with Crippen molar-refractivity contribution < 1.29 is 19.1 Å². The summed E-state index contributed by atoms with van der Waals surface area (Å²) in [6.45, 7) is 8.94. The monoisotopic (exact) mass is 205 g/mol. The van der Waals surface area contributed by atoms with Crippen LogP contribution in [0.25, 0.3) is 0 Å². The second-order valence-electron chi connectivity index (χ2n) is 3.46. The molecule has 1 amide bonds. The normalized spacial score (nSPS) is 9.50. The molecule has 0 spiro atoms. The third kappa shape index (κ3) is 22.4. The first-order valence-electron chi connectivity index (χ1n) is 4.31. The van der Waals surface area contributed by atoms with Gasteiger partial charge in [-0.15, -0.1) is 0 Å². The van der Waals surface area contributed by atoms with E-state index in [1.165, 1.54) is 6.92 Å². The number of ether oxygens (including phenoxy) is 2. The van der Waals surface area contributed by atoms with Crippen LogP contribution >= 0.6 is 0 Å². The van der Waals surface area contributed by atoms with Crippen molar-refractivity contribution >= 4 is 12.1 Å². The first kappa shape index (κ1) is 15.2. The van der Waals surface area contributed by atoms with Crippen molar-refractivity contribution in [3.63, 3.8) is 0 Å². The maximum absolute atomic E-state index is 10.0. The van der Waals surface area contributed by atoms with Crippen LogP contribution in [-0.2, 0) is 14.3 Å². The van der Waals surface area contributed by atoms with Gasteiger partial charge in [-0.1, -0.05) is 0 Å². The first-order chi connectivity index (χ1) is 6.19. The second-order valence-corrected chi connectivity index (χ2v) is 3.46. The molecule has 0 aliphatic heterocycles. The van der Waals surface area contributed by atoms with Gasteiger partial charge in [-0.05, 0) is 27.7 Å². The van der Waals surface area contributed by atoms with E-state index < -0.39 is 11.7 Å². The van der Waals surface area contributed by atoms with Crippen LogP contribution in [0.3, 0.4) is 0 Å². The summed E-state index contributed by atoms with van der Waals surface area (Å²) in [5, 5.41) is 0.